The van der Waals surface area contributed by atoms with Gasteiger partial charge in [0.1, 0.15) is 11.7 Å². The molecule has 2 unspecified atom stereocenters. The Kier molecular flexibility index (Phi) is 1.94. The molecule has 2 heterocycles. The van der Waals surface area contributed by atoms with E-state index in [2.05, 4.69) is 20.8 Å². The van der Waals surface area contributed by atoms with Crippen molar-refractivity contribution in [3.05, 3.63) is 0 Å². The second kappa shape index (κ2) is 3.03. The summed E-state index contributed by atoms with van der Waals surface area (Å²) < 4.78 is 12.2. The maximum Gasteiger partial charge on any atom is 0.309 e. The van der Waals surface area contributed by atoms with Crippen LogP contribution in [0.25, 0.3) is 0 Å². The van der Waals surface area contributed by atoms with Gasteiger partial charge in [0.05, 0.1) is 11.5 Å². The zero-order chi connectivity index (χ0) is 13.7. The van der Waals surface area contributed by atoms with Crippen molar-refractivity contribution in [3.8, 4) is 0 Å². The first-order valence-electron chi connectivity index (χ1n) is 7.70. The first kappa shape index (κ1) is 12.2. The minimum atomic E-state index is -0.203. The monoisotopic (exact) mass is 264 g/mol. The van der Waals surface area contributed by atoms with E-state index < -0.39 is 0 Å². The van der Waals surface area contributed by atoms with Crippen molar-refractivity contribution in [2.45, 2.75) is 77.1 Å². The molecule has 0 aromatic heterocycles. The molecule has 106 valence electrons. The van der Waals surface area contributed by atoms with E-state index in [1.54, 1.807) is 0 Å². The predicted molar refractivity (Wildman–Crippen MR) is 70.6 cm³/mol. The van der Waals surface area contributed by atoms with Crippen LogP contribution in [0.4, 0.5) is 0 Å². The van der Waals surface area contributed by atoms with Crippen LogP contribution in [-0.2, 0) is 14.3 Å². The lowest BCUT2D eigenvalue weighted by atomic mass is 9.49. The average Bonchev–Trinajstić information content (AvgIpc) is 2.92. The van der Waals surface area contributed by atoms with E-state index in [1.165, 1.54) is 12.8 Å². The number of rotatable bonds is 0. The first-order valence-corrected chi connectivity index (χ1v) is 7.70. The maximum absolute atomic E-state index is 12.1. The predicted octanol–water partition coefficient (Wildman–Crippen LogP) is 3.07. The molecule has 0 N–H and O–H groups in total. The van der Waals surface area contributed by atoms with Gasteiger partial charge in [0.2, 0.25) is 0 Å². The Bertz CT molecular complexity index is 475. The van der Waals surface area contributed by atoms with Crippen LogP contribution < -0.4 is 0 Å². The lowest BCUT2D eigenvalue weighted by Crippen LogP contribution is -2.60. The summed E-state index contributed by atoms with van der Waals surface area (Å²) in [6.07, 6.45) is 5.77. The minimum absolute atomic E-state index is 0.00630. The summed E-state index contributed by atoms with van der Waals surface area (Å²) in [6.45, 7) is 8.85. The highest BCUT2D eigenvalue weighted by Crippen LogP contribution is 2.75. The summed E-state index contributed by atoms with van der Waals surface area (Å²) >= 11 is 0. The lowest BCUT2D eigenvalue weighted by Gasteiger charge is -2.52. The normalized spacial score (nSPS) is 62.8. The van der Waals surface area contributed by atoms with Gasteiger partial charge in [0, 0.05) is 10.8 Å². The largest absolute Gasteiger partial charge is 0.458 e. The number of hydrogen-bond acceptors (Lipinski definition) is 3. The van der Waals surface area contributed by atoms with Gasteiger partial charge in [0.15, 0.2) is 0 Å². The number of esters is 1. The molecule has 0 amide bonds. The third kappa shape index (κ3) is 1.06. The Morgan fingerprint density at radius 1 is 1.11 bits per heavy atom. The molecule has 3 heteroatoms. The molecule has 0 bridgehead atoms. The van der Waals surface area contributed by atoms with Crippen molar-refractivity contribution in [1.29, 1.82) is 0 Å². The van der Waals surface area contributed by atoms with E-state index in [0.717, 1.165) is 19.3 Å². The third-order valence-electron chi connectivity index (χ3n) is 7.17. The van der Waals surface area contributed by atoms with Gasteiger partial charge in [-0.2, -0.15) is 0 Å². The molecule has 6 atom stereocenters. The molecular weight excluding hydrogens is 240 g/mol. The highest BCUT2D eigenvalue weighted by molar-refractivity contribution is 5.76. The molecule has 0 radical (unpaired) electrons. The van der Waals surface area contributed by atoms with Crippen LogP contribution in [-0.4, -0.2) is 23.3 Å². The molecule has 0 aromatic carbocycles. The number of carbonyl (C=O) groups is 1. The second-order valence-electron chi connectivity index (χ2n) is 8.03. The fraction of sp³-hybridized carbons (Fsp3) is 0.938. The number of epoxide rings is 1. The van der Waals surface area contributed by atoms with Crippen molar-refractivity contribution >= 4 is 5.97 Å². The number of ether oxygens (including phenoxy) is 2. The zero-order valence-electron chi connectivity index (χ0n) is 12.4. The molecule has 2 aliphatic carbocycles. The van der Waals surface area contributed by atoms with E-state index in [0.29, 0.717) is 0 Å². The Hall–Kier alpha value is -0.570. The quantitative estimate of drug-likeness (QED) is 0.498. The molecule has 2 saturated heterocycles. The Labute approximate surface area is 115 Å². The van der Waals surface area contributed by atoms with E-state index in [4.69, 9.17) is 9.47 Å². The van der Waals surface area contributed by atoms with Crippen molar-refractivity contribution in [3.63, 3.8) is 0 Å². The third-order valence-corrected chi connectivity index (χ3v) is 7.17. The van der Waals surface area contributed by atoms with Gasteiger partial charge < -0.3 is 9.47 Å². The van der Waals surface area contributed by atoms with Crippen molar-refractivity contribution in [1.82, 2.24) is 0 Å². The van der Waals surface area contributed by atoms with Gasteiger partial charge in [-0.15, -0.1) is 0 Å². The first-order chi connectivity index (χ1) is 8.79. The van der Waals surface area contributed by atoms with E-state index in [1.807, 2.05) is 6.92 Å². The minimum Gasteiger partial charge on any atom is -0.458 e. The van der Waals surface area contributed by atoms with Crippen LogP contribution in [0.3, 0.4) is 0 Å². The molecule has 0 aromatic rings. The van der Waals surface area contributed by atoms with Gasteiger partial charge in [-0.05, 0) is 39.0 Å². The summed E-state index contributed by atoms with van der Waals surface area (Å²) in [5.41, 5.74) is -0.109. The fourth-order valence-electron chi connectivity index (χ4n) is 5.58. The zero-order valence-corrected chi connectivity index (χ0v) is 12.4. The second-order valence-corrected chi connectivity index (χ2v) is 8.03. The number of fused-ring (bicyclic) bond motifs is 1. The Balaban J connectivity index is 1.84. The van der Waals surface area contributed by atoms with Crippen LogP contribution in [0.1, 0.15) is 59.8 Å². The smallest absolute Gasteiger partial charge is 0.309 e. The van der Waals surface area contributed by atoms with Crippen LogP contribution in [0.2, 0.25) is 0 Å². The van der Waals surface area contributed by atoms with Gasteiger partial charge in [-0.3, -0.25) is 4.79 Å². The van der Waals surface area contributed by atoms with Crippen molar-refractivity contribution in [2.24, 2.45) is 16.7 Å². The van der Waals surface area contributed by atoms with Crippen LogP contribution >= 0.6 is 0 Å². The molecule has 4 rings (SSSR count). The summed E-state index contributed by atoms with van der Waals surface area (Å²) in [6, 6.07) is 0. The topological polar surface area (TPSA) is 38.8 Å². The van der Waals surface area contributed by atoms with E-state index in [9.17, 15) is 4.79 Å². The molecule has 3 nitrogen and oxygen atoms in total. The van der Waals surface area contributed by atoms with E-state index in [-0.39, 0.29) is 40.0 Å². The summed E-state index contributed by atoms with van der Waals surface area (Å²) in [5.74, 6) is -0.0126. The lowest BCUT2D eigenvalue weighted by molar-refractivity contribution is -0.154. The van der Waals surface area contributed by atoms with Crippen molar-refractivity contribution in [2.75, 3.05) is 0 Å². The maximum atomic E-state index is 12.1. The standard InChI is InChI=1S/C16H24O3/c1-10-11(17)18-12-14(10,3)9-8-13(2)6-5-7-15(4)16(12,13)19-15/h10,12H,5-9H2,1-4H3/t10-,12+,13+,14-,15?,16?/m0/s1. The Morgan fingerprint density at radius 2 is 1.84 bits per heavy atom. The van der Waals surface area contributed by atoms with E-state index >= 15 is 0 Å². The molecule has 2 saturated carbocycles. The van der Waals surface area contributed by atoms with Gasteiger partial charge >= 0.3 is 5.97 Å². The van der Waals surface area contributed by atoms with Gasteiger partial charge in [-0.1, -0.05) is 20.8 Å². The highest BCUT2D eigenvalue weighted by atomic mass is 16.7. The summed E-state index contributed by atoms with van der Waals surface area (Å²) in [7, 11) is 0. The number of carbonyl (C=O) groups excluding carboxylic acids is 1. The summed E-state index contributed by atoms with van der Waals surface area (Å²) in [4.78, 5) is 12.1. The molecule has 2 aliphatic heterocycles. The van der Waals surface area contributed by atoms with Crippen LogP contribution in [0, 0.1) is 16.7 Å². The Morgan fingerprint density at radius 3 is 2.58 bits per heavy atom. The molecule has 4 aliphatic rings. The SMILES string of the molecule is C[C@H]1C(=O)O[C@H]2C34OC3(C)CCC[C@]4(C)CC[C@@]12C. The highest BCUT2D eigenvalue weighted by Gasteiger charge is 2.85. The molecule has 19 heavy (non-hydrogen) atoms. The van der Waals surface area contributed by atoms with Crippen molar-refractivity contribution < 1.29 is 14.3 Å². The number of hydrogen-bond donors (Lipinski definition) is 0. The summed E-state index contributed by atoms with van der Waals surface area (Å²) in [5, 5.41) is 0. The average molecular weight is 264 g/mol. The van der Waals surface area contributed by atoms with Crippen LogP contribution in [0.5, 0.6) is 0 Å². The molecule has 4 fully saturated rings. The van der Waals surface area contributed by atoms with Gasteiger partial charge in [-0.25, -0.2) is 0 Å². The fourth-order valence-corrected chi connectivity index (χ4v) is 5.58. The van der Waals surface area contributed by atoms with Gasteiger partial charge in [0.25, 0.3) is 0 Å². The molecular formula is C16H24O3. The molecule has 1 spiro atoms. The van der Waals surface area contributed by atoms with Crippen LogP contribution in [0.15, 0.2) is 0 Å².